The van der Waals surface area contributed by atoms with Gasteiger partial charge in [-0.15, -0.1) is 0 Å². The maximum atomic E-state index is 9.10. The molecule has 0 N–H and O–H groups in total. The normalized spacial score (nSPS) is 20.9. The average Bonchev–Trinajstić information content (AvgIpc) is 3.02. The van der Waals surface area contributed by atoms with Crippen LogP contribution >= 0.6 is 0 Å². The van der Waals surface area contributed by atoms with Gasteiger partial charge in [0.1, 0.15) is 5.75 Å². The number of hydrogen-bond donors (Lipinski definition) is 0. The average molecular weight is 309 g/mol. The second-order valence-corrected chi connectivity index (χ2v) is 6.29. The van der Waals surface area contributed by atoms with Crippen molar-refractivity contribution in [1.82, 2.24) is 9.78 Å². The Morgan fingerprint density at radius 1 is 1.26 bits per heavy atom. The fourth-order valence-corrected chi connectivity index (χ4v) is 3.36. The van der Waals surface area contributed by atoms with Crippen molar-refractivity contribution in [3.05, 3.63) is 47.3 Å². The highest BCUT2D eigenvalue weighted by Gasteiger charge is 2.25. The van der Waals surface area contributed by atoms with Crippen molar-refractivity contribution in [2.75, 3.05) is 0 Å². The molecule has 0 bridgehead atoms. The summed E-state index contributed by atoms with van der Waals surface area (Å²) in [5.74, 6) is 1.45. The molecule has 4 heteroatoms. The monoisotopic (exact) mass is 309 g/mol. The van der Waals surface area contributed by atoms with E-state index in [0.717, 1.165) is 49.0 Å². The van der Waals surface area contributed by atoms with Crippen molar-refractivity contribution >= 4 is 0 Å². The Bertz CT molecular complexity index is 706. The second-order valence-electron chi connectivity index (χ2n) is 6.29. The van der Waals surface area contributed by atoms with Crippen LogP contribution in [0.15, 0.2) is 30.5 Å². The molecule has 23 heavy (non-hydrogen) atoms. The molecule has 2 aromatic rings. The lowest BCUT2D eigenvalue weighted by Crippen LogP contribution is -2.23. The van der Waals surface area contributed by atoms with Crippen LogP contribution in [0.3, 0.4) is 0 Å². The van der Waals surface area contributed by atoms with E-state index in [1.807, 2.05) is 36.1 Å². The standard InChI is InChI=1S/C19H23N3O/c1-3-14-12-18(9-6-16(14)13-20)23-17-7-4-15(5-8-17)19-10-11-22(2)21-19/h6,9-12,15,17H,3-5,7-8H2,1-2H3. The van der Waals surface area contributed by atoms with E-state index >= 15 is 0 Å². The van der Waals surface area contributed by atoms with Crippen LogP contribution in [0.4, 0.5) is 0 Å². The SMILES string of the molecule is CCc1cc(OC2CCC(c3ccn(C)n3)CC2)ccc1C#N. The lowest BCUT2D eigenvalue weighted by Gasteiger charge is -2.28. The van der Waals surface area contributed by atoms with Gasteiger partial charge in [0.15, 0.2) is 0 Å². The van der Waals surface area contributed by atoms with Gasteiger partial charge in [0.25, 0.3) is 0 Å². The van der Waals surface area contributed by atoms with Gasteiger partial charge in [-0.2, -0.15) is 10.4 Å². The number of nitrogens with zero attached hydrogens (tertiary/aromatic N) is 3. The van der Waals surface area contributed by atoms with Crippen molar-refractivity contribution in [3.8, 4) is 11.8 Å². The largest absolute Gasteiger partial charge is 0.490 e. The van der Waals surface area contributed by atoms with Gasteiger partial charge in [0.2, 0.25) is 0 Å². The van der Waals surface area contributed by atoms with E-state index in [4.69, 9.17) is 10.00 Å². The molecular formula is C19H23N3O. The first-order chi connectivity index (χ1) is 11.2. The summed E-state index contributed by atoms with van der Waals surface area (Å²) in [6, 6.07) is 10.2. The zero-order valence-electron chi connectivity index (χ0n) is 13.8. The van der Waals surface area contributed by atoms with Gasteiger partial charge < -0.3 is 4.74 Å². The molecule has 1 fully saturated rings. The topological polar surface area (TPSA) is 50.8 Å². The smallest absolute Gasteiger partial charge is 0.120 e. The van der Waals surface area contributed by atoms with Crippen molar-refractivity contribution in [1.29, 1.82) is 5.26 Å². The molecule has 1 aromatic carbocycles. The van der Waals surface area contributed by atoms with Gasteiger partial charge in [0.05, 0.1) is 23.4 Å². The lowest BCUT2D eigenvalue weighted by molar-refractivity contribution is 0.145. The van der Waals surface area contributed by atoms with Crippen LogP contribution in [0.1, 0.15) is 55.3 Å². The van der Waals surface area contributed by atoms with Crippen molar-refractivity contribution in [2.24, 2.45) is 7.05 Å². The summed E-state index contributed by atoms with van der Waals surface area (Å²) in [6.45, 7) is 2.07. The molecule has 1 aliphatic carbocycles. The predicted octanol–water partition coefficient (Wildman–Crippen LogP) is 3.96. The summed E-state index contributed by atoms with van der Waals surface area (Å²) >= 11 is 0. The minimum Gasteiger partial charge on any atom is -0.490 e. The Morgan fingerprint density at radius 3 is 2.65 bits per heavy atom. The maximum Gasteiger partial charge on any atom is 0.120 e. The zero-order chi connectivity index (χ0) is 16.2. The van der Waals surface area contributed by atoms with Crippen LogP contribution in [0.25, 0.3) is 0 Å². The highest BCUT2D eigenvalue weighted by molar-refractivity contribution is 5.42. The molecule has 120 valence electrons. The van der Waals surface area contributed by atoms with Crippen molar-refractivity contribution < 1.29 is 4.74 Å². The summed E-state index contributed by atoms with van der Waals surface area (Å²) in [4.78, 5) is 0. The molecule has 0 unspecified atom stereocenters. The first kappa shape index (κ1) is 15.6. The molecule has 1 saturated carbocycles. The summed E-state index contributed by atoms with van der Waals surface area (Å²) in [5.41, 5.74) is 3.02. The molecule has 0 radical (unpaired) electrons. The summed E-state index contributed by atoms with van der Waals surface area (Å²) < 4.78 is 8.03. The van der Waals surface area contributed by atoms with Gasteiger partial charge in [0, 0.05) is 19.2 Å². The second kappa shape index (κ2) is 6.87. The molecule has 0 atom stereocenters. The highest BCUT2D eigenvalue weighted by atomic mass is 16.5. The van der Waals surface area contributed by atoms with Crippen molar-refractivity contribution in [2.45, 2.75) is 51.0 Å². The number of rotatable bonds is 4. The summed E-state index contributed by atoms with van der Waals surface area (Å²) in [6.07, 6.45) is 7.50. The number of ether oxygens (including phenoxy) is 1. The van der Waals surface area contributed by atoms with Gasteiger partial charge in [-0.3, -0.25) is 4.68 Å². The third kappa shape index (κ3) is 3.56. The van der Waals surface area contributed by atoms with E-state index in [1.165, 1.54) is 5.69 Å². The van der Waals surface area contributed by atoms with E-state index in [-0.39, 0.29) is 6.10 Å². The van der Waals surface area contributed by atoms with E-state index in [0.29, 0.717) is 5.92 Å². The lowest BCUT2D eigenvalue weighted by atomic mass is 9.85. The number of hydrogen-bond acceptors (Lipinski definition) is 3. The fraction of sp³-hybridized carbons (Fsp3) is 0.474. The van der Waals surface area contributed by atoms with Crippen LogP contribution < -0.4 is 4.74 Å². The Balaban J connectivity index is 1.59. The third-order valence-electron chi connectivity index (χ3n) is 4.71. The highest BCUT2D eigenvalue weighted by Crippen LogP contribution is 2.34. The molecule has 4 nitrogen and oxygen atoms in total. The van der Waals surface area contributed by atoms with E-state index in [9.17, 15) is 0 Å². The Morgan fingerprint density at radius 2 is 2.04 bits per heavy atom. The van der Waals surface area contributed by atoms with Gasteiger partial charge >= 0.3 is 0 Å². The van der Waals surface area contributed by atoms with Gasteiger partial charge in [-0.25, -0.2) is 0 Å². The number of aryl methyl sites for hydroxylation is 2. The third-order valence-corrected chi connectivity index (χ3v) is 4.71. The summed E-state index contributed by atoms with van der Waals surface area (Å²) in [5, 5.41) is 13.6. The van der Waals surface area contributed by atoms with Crippen molar-refractivity contribution in [3.63, 3.8) is 0 Å². The molecule has 0 saturated heterocycles. The van der Waals surface area contributed by atoms with Crippen LogP contribution in [-0.2, 0) is 13.5 Å². The number of nitriles is 1. The first-order valence-corrected chi connectivity index (χ1v) is 8.38. The van der Waals surface area contributed by atoms with E-state index in [2.05, 4.69) is 24.2 Å². The van der Waals surface area contributed by atoms with E-state index in [1.54, 1.807) is 0 Å². The molecule has 1 heterocycles. The van der Waals surface area contributed by atoms with E-state index < -0.39 is 0 Å². The molecule has 0 spiro atoms. The van der Waals surface area contributed by atoms with Crippen LogP contribution in [0.5, 0.6) is 5.75 Å². The quantitative estimate of drug-likeness (QED) is 0.859. The van der Waals surface area contributed by atoms with Gasteiger partial charge in [-0.05, 0) is 61.9 Å². The predicted molar refractivity (Wildman–Crippen MR) is 89.4 cm³/mol. The summed E-state index contributed by atoms with van der Waals surface area (Å²) in [7, 11) is 1.97. The molecule has 0 aliphatic heterocycles. The van der Waals surface area contributed by atoms with Crippen LogP contribution in [0.2, 0.25) is 0 Å². The Labute approximate surface area is 137 Å². The number of aromatic nitrogens is 2. The molecule has 0 amide bonds. The molecule has 3 rings (SSSR count). The Kier molecular flexibility index (Phi) is 4.66. The maximum absolute atomic E-state index is 9.10. The molecule has 1 aromatic heterocycles. The molecular weight excluding hydrogens is 286 g/mol. The zero-order valence-corrected chi connectivity index (χ0v) is 13.8. The number of benzene rings is 1. The molecule has 1 aliphatic rings. The Hall–Kier alpha value is -2.28. The van der Waals surface area contributed by atoms with Crippen LogP contribution in [0, 0.1) is 11.3 Å². The van der Waals surface area contributed by atoms with Crippen LogP contribution in [-0.4, -0.2) is 15.9 Å². The van der Waals surface area contributed by atoms with Gasteiger partial charge in [-0.1, -0.05) is 6.92 Å². The minimum absolute atomic E-state index is 0.271. The fourth-order valence-electron chi connectivity index (χ4n) is 3.36. The first-order valence-electron chi connectivity index (χ1n) is 8.38. The minimum atomic E-state index is 0.271.